The number of amides is 1. The fourth-order valence-corrected chi connectivity index (χ4v) is 4.19. The van der Waals surface area contributed by atoms with Crippen molar-refractivity contribution in [3.05, 3.63) is 29.3 Å². The summed E-state index contributed by atoms with van der Waals surface area (Å²) in [7, 11) is 3.98. The molecule has 0 bridgehead atoms. The molecule has 0 radical (unpaired) electrons. The lowest BCUT2D eigenvalue weighted by atomic mass is 10.0. The van der Waals surface area contributed by atoms with Crippen molar-refractivity contribution in [2.24, 2.45) is 10.1 Å². The van der Waals surface area contributed by atoms with Gasteiger partial charge in [0.05, 0.1) is 17.9 Å². The predicted octanol–water partition coefficient (Wildman–Crippen LogP) is 0.768. The molecule has 3 aliphatic heterocycles. The summed E-state index contributed by atoms with van der Waals surface area (Å²) in [6, 6.07) is 5.58. The number of nitrogens with zero attached hydrogens (tertiary/aromatic N) is 5. The Morgan fingerprint density at radius 1 is 1.21 bits per heavy atom. The molecule has 1 saturated heterocycles. The molecule has 8 heteroatoms. The zero-order valence-corrected chi connectivity index (χ0v) is 17.7. The third-order valence-electron chi connectivity index (χ3n) is 5.82. The summed E-state index contributed by atoms with van der Waals surface area (Å²) >= 11 is 0. The molecule has 0 spiro atoms. The predicted molar refractivity (Wildman–Crippen MR) is 114 cm³/mol. The van der Waals surface area contributed by atoms with Gasteiger partial charge in [0.1, 0.15) is 17.6 Å². The number of hydrazone groups is 1. The van der Waals surface area contributed by atoms with Crippen LogP contribution in [0.2, 0.25) is 0 Å². The van der Waals surface area contributed by atoms with E-state index in [1.807, 2.05) is 27.0 Å². The van der Waals surface area contributed by atoms with Gasteiger partial charge in [0.2, 0.25) is 0 Å². The molecule has 0 saturated carbocycles. The maximum absolute atomic E-state index is 12.8. The van der Waals surface area contributed by atoms with E-state index < -0.39 is 0 Å². The summed E-state index contributed by atoms with van der Waals surface area (Å²) in [5, 5.41) is 9.10. The number of ether oxygens (including phenoxy) is 1. The van der Waals surface area contributed by atoms with Crippen LogP contribution in [0.4, 0.5) is 0 Å². The van der Waals surface area contributed by atoms with Gasteiger partial charge in [0, 0.05) is 39.8 Å². The highest BCUT2D eigenvalue weighted by Crippen LogP contribution is 2.26. The quantitative estimate of drug-likeness (QED) is 0.793. The van der Waals surface area contributed by atoms with Crippen LogP contribution in [0.1, 0.15) is 25.0 Å². The second kappa shape index (κ2) is 8.12. The van der Waals surface area contributed by atoms with Gasteiger partial charge in [0.25, 0.3) is 5.91 Å². The lowest BCUT2D eigenvalue weighted by Crippen LogP contribution is -2.54. The molecular weight excluding hydrogens is 368 g/mol. The van der Waals surface area contributed by atoms with Crippen LogP contribution in [-0.4, -0.2) is 91.2 Å². The Balaban J connectivity index is 1.63. The zero-order valence-electron chi connectivity index (χ0n) is 17.7. The number of nitrogens with one attached hydrogen (secondary N) is 1. The van der Waals surface area contributed by atoms with Crippen molar-refractivity contribution in [3.63, 3.8) is 0 Å². The summed E-state index contributed by atoms with van der Waals surface area (Å²) in [5.74, 6) is 1.24. The smallest absolute Gasteiger partial charge is 0.252 e. The summed E-state index contributed by atoms with van der Waals surface area (Å²) in [4.78, 5) is 22.4. The van der Waals surface area contributed by atoms with Crippen molar-refractivity contribution in [2.45, 2.75) is 32.5 Å². The average Bonchev–Trinajstić information content (AvgIpc) is 2.99. The molecule has 8 nitrogen and oxygen atoms in total. The van der Waals surface area contributed by atoms with E-state index in [2.05, 4.69) is 39.4 Å². The molecule has 1 N–H and O–H groups in total. The molecule has 2 atom stereocenters. The summed E-state index contributed by atoms with van der Waals surface area (Å²) in [6.45, 7) is 9.61. The van der Waals surface area contributed by atoms with Gasteiger partial charge in [-0.05, 0) is 38.6 Å². The number of carbonyl (C=O) groups is 1. The molecule has 2 unspecified atom stereocenters. The van der Waals surface area contributed by atoms with E-state index in [4.69, 9.17) is 9.73 Å². The van der Waals surface area contributed by atoms with E-state index >= 15 is 0 Å². The maximum Gasteiger partial charge on any atom is 0.252 e. The first-order valence-electron chi connectivity index (χ1n) is 10.3. The van der Waals surface area contributed by atoms with E-state index in [0.29, 0.717) is 12.4 Å². The number of amidine groups is 1. The number of fused-ring (bicyclic) bond motifs is 1. The van der Waals surface area contributed by atoms with Crippen LogP contribution in [0, 0.1) is 0 Å². The Morgan fingerprint density at radius 2 is 1.97 bits per heavy atom. The van der Waals surface area contributed by atoms with E-state index in [1.54, 1.807) is 5.01 Å². The minimum Gasteiger partial charge on any atom is -0.493 e. The molecule has 3 heterocycles. The Hall–Kier alpha value is -2.45. The zero-order chi connectivity index (χ0) is 20.5. The molecule has 4 rings (SSSR count). The molecular formula is C21H30N6O2. The molecule has 1 fully saturated rings. The van der Waals surface area contributed by atoms with Crippen molar-refractivity contribution in [1.82, 2.24) is 20.1 Å². The van der Waals surface area contributed by atoms with E-state index in [-0.39, 0.29) is 18.0 Å². The Morgan fingerprint density at radius 3 is 2.69 bits per heavy atom. The van der Waals surface area contributed by atoms with Crippen LogP contribution in [0.25, 0.3) is 0 Å². The number of piperazine rings is 1. The number of hydrogen-bond acceptors (Lipinski definition) is 7. The van der Waals surface area contributed by atoms with E-state index in [0.717, 1.165) is 49.7 Å². The first kappa shape index (κ1) is 19.8. The fourth-order valence-electron chi connectivity index (χ4n) is 4.19. The van der Waals surface area contributed by atoms with Crippen molar-refractivity contribution in [2.75, 3.05) is 46.9 Å². The van der Waals surface area contributed by atoms with Crippen LogP contribution >= 0.6 is 0 Å². The summed E-state index contributed by atoms with van der Waals surface area (Å²) < 4.78 is 5.85. The summed E-state index contributed by atoms with van der Waals surface area (Å²) in [5.41, 5.74) is 2.89. The fraction of sp³-hybridized carbons (Fsp3) is 0.571. The highest BCUT2D eigenvalue weighted by molar-refractivity contribution is 6.15. The van der Waals surface area contributed by atoms with Crippen molar-refractivity contribution >= 4 is 17.5 Å². The van der Waals surface area contributed by atoms with E-state index in [1.165, 1.54) is 5.56 Å². The molecule has 0 aliphatic carbocycles. The lowest BCUT2D eigenvalue weighted by molar-refractivity contribution is -0.124. The summed E-state index contributed by atoms with van der Waals surface area (Å²) in [6.07, 6.45) is 0. The van der Waals surface area contributed by atoms with E-state index in [9.17, 15) is 4.79 Å². The Labute approximate surface area is 172 Å². The SMILES string of the molecule is CCOc1ccc(CN2CCN(C)CC2)cc1C1=NC2C(C)=NN(C)C2C(=O)N1. The highest BCUT2D eigenvalue weighted by Gasteiger charge is 2.42. The number of carbonyl (C=O) groups excluding carboxylic acids is 1. The van der Waals surface area contributed by atoms with Crippen molar-refractivity contribution in [1.29, 1.82) is 0 Å². The number of hydrogen-bond donors (Lipinski definition) is 1. The van der Waals surface area contributed by atoms with Gasteiger partial charge in [0.15, 0.2) is 6.04 Å². The van der Waals surface area contributed by atoms with Gasteiger partial charge in [-0.25, -0.2) is 0 Å². The number of rotatable bonds is 5. The second-order valence-electron chi connectivity index (χ2n) is 8.01. The third kappa shape index (κ3) is 4.00. The van der Waals surface area contributed by atoms with Gasteiger partial charge in [-0.3, -0.25) is 19.7 Å². The second-order valence-corrected chi connectivity index (χ2v) is 8.01. The molecule has 1 amide bonds. The molecule has 3 aliphatic rings. The molecule has 1 aromatic carbocycles. The molecule has 1 aromatic rings. The first-order chi connectivity index (χ1) is 14.0. The van der Waals surface area contributed by atoms with Crippen LogP contribution in [0.15, 0.2) is 28.3 Å². The number of benzene rings is 1. The van der Waals surface area contributed by atoms with Gasteiger partial charge < -0.3 is 15.0 Å². The first-order valence-corrected chi connectivity index (χ1v) is 10.3. The molecule has 29 heavy (non-hydrogen) atoms. The number of aliphatic imine (C=N–C) groups is 1. The number of likely N-dealkylation sites (N-methyl/N-ethyl adjacent to an activating group) is 2. The maximum atomic E-state index is 12.8. The standard InChI is InChI=1S/C21H30N6O2/c1-5-29-17-7-6-15(13-27-10-8-25(3)9-11-27)12-16(17)20-22-18-14(2)24-26(4)19(18)21(28)23-20/h6-7,12,18-19H,5,8-11,13H2,1-4H3,(H,22,23,28). The molecule has 156 valence electrons. The minimum atomic E-state index is -0.372. The minimum absolute atomic E-state index is 0.0741. The van der Waals surface area contributed by atoms with Crippen LogP contribution in [-0.2, 0) is 11.3 Å². The van der Waals surface area contributed by atoms with Gasteiger partial charge in [-0.2, -0.15) is 5.10 Å². The largest absolute Gasteiger partial charge is 0.493 e. The lowest BCUT2D eigenvalue weighted by Gasteiger charge is -2.32. The Bertz CT molecular complexity index is 844. The normalized spacial score (nSPS) is 25.4. The molecule has 0 aromatic heterocycles. The van der Waals surface area contributed by atoms with Gasteiger partial charge in [-0.15, -0.1) is 0 Å². The monoisotopic (exact) mass is 398 g/mol. The van der Waals surface area contributed by atoms with Crippen molar-refractivity contribution in [3.8, 4) is 5.75 Å². The third-order valence-corrected chi connectivity index (χ3v) is 5.82. The highest BCUT2D eigenvalue weighted by atomic mass is 16.5. The average molecular weight is 399 g/mol. The van der Waals surface area contributed by atoms with Gasteiger partial charge >= 0.3 is 0 Å². The van der Waals surface area contributed by atoms with Crippen molar-refractivity contribution < 1.29 is 9.53 Å². The van der Waals surface area contributed by atoms with Crippen LogP contribution in [0.3, 0.4) is 0 Å². The van der Waals surface area contributed by atoms with Crippen LogP contribution in [0.5, 0.6) is 5.75 Å². The topological polar surface area (TPSA) is 72.8 Å². The Kier molecular flexibility index (Phi) is 5.56. The van der Waals surface area contributed by atoms with Gasteiger partial charge in [-0.1, -0.05) is 6.07 Å². The van der Waals surface area contributed by atoms with Crippen LogP contribution < -0.4 is 10.1 Å².